The Hall–Kier alpha value is -1.51. The van der Waals surface area contributed by atoms with Crippen LogP contribution < -0.4 is 5.73 Å². The average Bonchev–Trinajstić information content (AvgIpc) is 3.08. The minimum absolute atomic E-state index is 0.0523. The van der Waals surface area contributed by atoms with Gasteiger partial charge in [0.25, 0.3) is 0 Å². The fourth-order valence-corrected chi connectivity index (χ4v) is 6.13. The summed E-state index contributed by atoms with van der Waals surface area (Å²) < 4.78 is 32.7. The molecule has 0 aliphatic carbocycles. The Balaban J connectivity index is 4.22. The van der Waals surface area contributed by atoms with E-state index in [4.69, 9.17) is 24.3 Å². The van der Waals surface area contributed by atoms with Gasteiger partial charge in [-0.3, -0.25) is 18.6 Å². The second-order valence-electron chi connectivity index (χ2n) is 13.2. The van der Waals surface area contributed by atoms with Crippen molar-refractivity contribution in [1.29, 1.82) is 0 Å². The summed E-state index contributed by atoms with van der Waals surface area (Å²) in [7, 11) is -4.37. The summed E-state index contributed by atoms with van der Waals surface area (Å²) in [4.78, 5) is 34.7. The molecule has 9 nitrogen and oxygen atoms in total. The summed E-state index contributed by atoms with van der Waals surface area (Å²) in [6, 6.07) is 0. The zero-order chi connectivity index (χ0) is 36.1. The van der Waals surface area contributed by atoms with Crippen molar-refractivity contribution in [2.45, 2.75) is 187 Å². The van der Waals surface area contributed by atoms with E-state index in [9.17, 15) is 19.0 Å². The molecule has 0 aliphatic rings. The first kappa shape index (κ1) is 47.5. The standard InChI is InChI=1S/C39H74NO8P/c1-3-5-7-9-11-13-15-17-18-20-22-24-26-28-30-32-39(42)48-37(36-47-49(43,44)46-34-33-40)35-45-38(41)31-29-27-25-23-21-19-16-14-12-10-8-6-4-2/h11,13,17-18,37H,3-10,12,14-16,19-36,40H2,1-2H3,(H,43,44)/b13-11-,18-17-/t37-/m1/s1. The number of carbonyl (C=O) groups excluding carboxylic acids is 2. The molecule has 3 N–H and O–H groups in total. The summed E-state index contributed by atoms with van der Waals surface area (Å²) >= 11 is 0. The maximum atomic E-state index is 12.5. The van der Waals surface area contributed by atoms with Crippen molar-refractivity contribution in [2.75, 3.05) is 26.4 Å². The van der Waals surface area contributed by atoms with Gasteiger partial charge in [0, 0.05) is 19.4 Å². The molecule has 0 aromatic rings. The third kappa shape index (κ3) is 36.1. The van der Waals surface area contributed by atoms with Gasteiger partial charge in [0.15, 0.2) is 6.10 Å². The first-order valence-corrected chi connectivity index (χ1v) is 21.3. The van der Waals surface area contributed by atoms with Crippen molar-refractivity contribution >= 4 is 19.8 Å². The van der Waals surface area contributed by atoms with E-state index in [0.29, 0.717) is 6.42 Å². The number of ether oxygens (including phenoxy) is 2. The van der Waals surface area contributed by atoms with E-state index in [2.05, 4.69) is 38.2 Å². The molecule has 0 aromatic heterocycles. The minimum Gasteiger partial charge on any atom is -0.462 e. The summed E-state index contributed by atoms with van der Waals surface area (Å²) in [5, 5.41) is 0. The number of hydrogen-bond donors (Lipinski definition) is 2. The number of esters is 2. The molecule has 0 aromatic carbocycles. The summed E-state index contributed by atoms with van der Waals surface area (Å²) in [5.41, 5.74) is 5.33. The van der Waals surface area contributed by atoms with Crippen LogP contribution in [-0.2, 0) is 32.7 Å². The number of hydrogen-bond acceptors (Lipinski definition) is 8. The van der Waals surface area contributed by atoms with Gasteiger partial charge in [0.1, 0.15) is 6.61 Å². The highest BCUT2D eigenvalue weighted by atomic mass is 31.2. The first-order valence-electron chi connectivity index (χ1n) is 19.8. The molecule has 0 radical (unpaired) electrons. The Bertz CT molecular complexity index is 866. The molecule has 0 aliphatic heterocycles. The monoisotopic (exact) mass is 716 g/mol. The van der Waals surface area contributed by atoms with E-state index < -0.39 is 26.5 Å². The molecule has 0 amide bonds. The van der Waals surface area contributed by atoms with Crippen LogP contribution in [0.3, 0.4) is 0 Å². The van der Waals surface area contributed by atoms with Crippen LogP contribution in [0.2, 0.25) is 0 Å². The number of phosphoric acid groups is 1. The number of rotatable bonds is 37. The van der Waals surface area contributed by atoms with Gasteiger partial charge in [0.05, 0.1) is 13.2 Å². The van der Waals surface area contributed by atoms with Crippen LogP contribution in [0.4, 0.5) is 0 Å². The van der Waals surface area contributed by atoms with Gasteiger partial charge in [-0.1, -0.05) is 147 Å². The van der Waals surface area contributed by atoms with Gasteiger partial charge in [-0.25, -0.2) is 4.57 Å². The van der Waals surface area contributed by atoms with Crippen LogP contribution in [0.15, 0.2) is 24.3 Å². The third-order valence-electron chi connectivity index (χ3n) is 8.34. The van der Waals surface area contributed by atoms with E-state index in [1.807, 2.05) is 0 Å². The molecule has 288 valence electrons. The fraction of sp³-hybridized carbons (Fsp3) is 0.846. The van der Waals surface area contributed by atoms with Gasteiger partial charge in [0.2, 0.25) is 0 Å². The maximum Gasteiger partial charge on any atom is 0.472 e. The lowest BCUT2D eigenvalue weighted by molar-refractivity contribution is -0.161. The zero-order valence-corrected chi connectivity index (χ0v) is 32.3. The van der Waals surface area contributed by atoms with Crippen molar-refractivity contribution in [1.82, 2.24) is 0 Å². The Labute approximate surface area is 300 Å². The second-order valence-corrected chi connectivity index (χ2v) is 14.6. The second kappa shape index (κ2) is 36.3. The van der Waals surface area contributed by atoms with E-state index in [1.54, 1.807) is 0 Å². The third-order valence-corrected chi connectivity index (χ3v) is 9.32. The molecule has 0 bridgehead atoms. The summed E-state index contributed by atoms with van der Waals surface area (Å²) in [6.07, 6.45) is 36.3. The topological polar surface area (TPSA) is 134 Å². The summed E-state index contributed by atoms with van der Waals surface area (Å²) in [5.74, 6) is -0.841. The molecule has 0 rings (SSSR count). The Morgan fingerprint density at radius 1 is 0.612 bits per heavy atom. The summed E-state index contributed by atoms with van der Waals surface area (Å²) in [6.45, 7) is 3.69. The quantitative estimate of drug-likeness (QED) is 0.0279. The van der Waals surface area contributed by atoms with E-state index >= 15 is 0 Å². The van der Waals surface area contributed by atoms with E-state index in [-0.39, 0.29) is 38.6 Å². The van der Waals surface area contributed by atoms with E-state index in [0.717, 1.165) is 57.8 Å². The predicted molar refractivity (Wildman–Crippen MR) is 201 cm³/mol. The van der Waals surface area contributed by atoms with E-state index in [1.165, 1.54) is 89.9 Å². The van der Waals surface area contributed by atoms with Crippen LogP contribution in [0.25, 0.3) is 0 Å². The highest BCUT2D eigenvalue weighted by Gasteiger charge is 2.25. The predicted octanol–water partition coefficient (Wildman–Crippen LogP) is 10.8. The molecule has 0 saturated heterocycles. The van der Waals surface area contributed by atoms with Crippen LogP contribution in [-0.4, -0.2) is 49.3 Å². The van der Waals surface area contributed by atoms with Crippen LogP contribution in [0.5, 0.6) is 0 Å². The number of carbonyl (C=O) groups is 2. The molecule has 10 heteroatoms. The molecule has 0 heterocycles. The Kier molecular flexibility index (Phi) is 35.2. The molecule has 49 heavy (non-hydrogen) atoms. The largest absolute Gasteiger partial charge is 0.472 e. The van der Waals surface area contributed by atoms with Crippen molar-refractivity contribution < 1.29 is 37.6 Å². The molecular weight excluding hydrogens is 641 g/mol. The molecular formula is C39H74NO8P. The zero-order valence-electron chi connectivity index (χ0n) is 31.4. The lowest BCUT2D eigenvalue weighted by Crippen LogP contribution is -2.29. The Morgan fingerprint density at radius 3 is 1.59 bits per heavy atom. The minimum atomic E-state index is -4.37. The molecule has 0 fully saturated rings. The van der Waals surface area contributed by atoms with Gasteiger partial charge >= 0.3 is 19.8 Å². The van der Waals surface area contributed by atoms with Crippen LogP contribution in [0.1, 0.15) is 181 Å². The number of phosphoric ester groups is 1. The van der Waals surface area contributed by atoms with Crippen molar-refractivity contribution in [3.63, 3.8) is 0 Å². The maximum absolute atomic E-state index is 12.5. The van der Waals surface area contributed by atoms with Crippen molar-refractivity contribution in [3.8, 4) is 0 Å². The lowest BCUT2D eigenvalue weighted by Gasteiger charge is -2.19. The fourth-order valence-electron chi connectivity index (χ4n) is 5.37. The van der Waals surface area contributed by atoms with Gasteiger partial charge in [-0.15, -0.1) is 0 Å². The molecule has 0 spiro atoms. The molecule has 2 atom stereocenters. The smallest absolute Gasteiger partial charge is 0.462 e. The highest BCUT2D eigenvalue weighted by Crippen LogP contribution is 2.43. The van der Waals surface area contributed by atoms with Gasteiger partial charge < -0.3 is 20.1 Å². The number of allylic oxidation sites excluding steroid dienone is 4. The number of unbranched alkanes of at least 4 members (excludes halogenated alkanes) is 20. The van der Waals surface area contributed by atoms with Crippen molar-refractivity contribution in [2.24, 2.45) is 5.73 Å². The average molecular weight is 716 g/mol. The normalized spacial score (nSPS) is 13.6. The molecule has 1 unspecified atom stereocenters. The van der Waals surface area contributed by atoms with Crippen LogP contribution in [0, 0.1) is 0 Å². The molecule has 0 saturated carbocycles. The highest BCUT2D eigenvalue weighted by molar-refractivity contribution is 7.47. The van der Waals surface area contributed by atoms with Crippen molar-refractivity contribution in [3.05, 3.63) is 24.3 Å². The SMILES string of the molecule is CCCCC/C=C\C/C=C\CCCCCCCC(=O)O[C@H](COC(=O)CCCCCCCCCCCCCCC)COP(=O)(O)OCCN. The Morgan fingerprint density at radius 2 is 1.06 bits per heavy atom. The lowest BCUT2D eigenvalue weighted by atomic mass is 10.0. The van der Waals surface area contributed by atoms with Gasteiger partial charge in [-0.2, -0.15) is 0 Å². The van der Waals surface area contributed by atoms with Gasteiger partial charge in [-0.05, 0) is 44.9 Å². The van der Waals surface area contributed by atoms with Crippen LogP contribution >= 0.6 is 7.82 Å². The first-order chi connectivity index (χ1) is 23.8. The number of nitrogens with two attached hydrogens (primary N) is 1.